The first-order valence-electron chi connectivity index (χ1n) is 7.15. The smallest absolute Gasteiger partial charge is 0.215 e. The molecule has 20 heavy (non-hydrogen) atoms. The van der Waals surface area contributed by atoms with Gasteiger partial charge in [0, 0.05) is 18.8 Å². The van der Waals surface area contributed by atoms with Crippen molar-refractivity contribution in [2.24, 2.45) is 0 Å². The summed E-state index contributed by atoms with van der Waals surface area (Å²) in [5.41, 5.74) is 2.19. The number of hydrogen-bond acceptors (Lipinski definition) is 4. The molecule has 0 fully saturated rings. The first-order valence-corrected chi connectivity index (χ1v) is 8.70. The van der Waals surface area contributed by atoms with Crippen LogP contribution < -0.4 is 10.0 Å². The second-order valence-electron chi connectivity index (χ2n) is 5.08. The molecule has 1 unspecified atom stereocenters. The van der Waals surface area contributed by atoms with Crippen LogP contribution in [0.25, 0.3) is 0 Å². The molecule has 1 rings (SSSR count). The molecule has 1 heterocycles. The predicted molar refractivity (Wildman–Crippen MR) is 81.2 cm³/mol. The highest BCUT2D eigenvalue weighted by atomic mass is 32.2. The number of aromatic nitrogens is 2. The van der Waals surface area contributed by atoms with Crippen molar-refractivity contribution >= 4 is 10.0 Å². The predicted octanol–water partition coefficient (Wildman–Crippen LogP) is 0.958. The zero-order valence-electron chi connectivity index (χ0n) is 12.6. The molecule has 1 aromatic heterocycles. The third-order valence-electron chi connectivity index (χ3n) is 3.25. The summed E-state index contributed by atoms with van der Waals surface area (Å²) in [5, 5.41) is 9.54. The number of H-pyrrole nitrogens is 1. The Morgan fingerprint density at radius 1 is 1.40 bits per heavy atom. The maximum atomic E-state index is 12.0. The third-order valence-corrected chi connectivity index (χ3v) is 5.08. The van der Waals surface area contributed by atoms with E-state index in [1.54, 1.807) is 13.1 Å². The standard InChI is InChI=1S/C13H26N4O2S/c1-4-7-14-9-11(2)20(18,19)16-8-5-6-13-10-15-17-12(13)3/h10-11,14,16H,4-9H2,1-3H3,(H,15,17). The molecule has 0 saturated heterocycles. The maximum Gasteiger partial charge on any atom is 0.215 e. The van der Waals surface area contributed by atoms with Gasteiger partial charge in [-0.1, -0.05) is 6.92 Å². The van der Waals surface area contributed by atoms with Crippen LogP contribution in [-0.2, 0) is 16.4 Å². The summed E-state index contributed by atoms with van der Waals surface area (Å²) in [4.78, 5) is 0. The molecule has 6 nitrogen and oxygen atoms in total. The Morgan fingerprint density at radius 3 is 2.75 bits per heavy atom. The van der Waals surface area contributed by atoms with Gasteiger partial charge in [0.25, 0.3) is 0 Å². The lowest BCUT2D eigenvalue weighted by atomic mass is 10.1. The van der Waals surface area contributed by atoms with Crippen LogP contribution in [0.1, 0.15) is 37.9 Å². The van der Waals surface area contributed by atoms with Crippen molar-refractivity contribution in [1.29, 1.82) is 0 Å². The lowest BCUT2D eigenvalue weighted by Crippen LogP contribution is -2.39. The number of rotatable bonds is 10. The molecule has 0 radical (unpaired) electrons. The lowest BCUT2D eigenvalue weighted by molar-refractivity contribution is 0.555. The van der Waals surface area contributed by atoms with E-state index < -0.39 is 15.3 Å². The third kappa shape index (κ3) is 5.60. The summed E-state index contributed by atoms with van der Waals surface area (Å²) in [7, 11) is -3.23. The van der Waals surface area contributed by atoms with Gasteiger partial charge in [0.15, 0.2) is 0 Å². The molecule has 0 bridgehead atoms. The highest BCUT2D eigenvalue weighted by molar-refractivity contribution is 7.90. The van der Waals surface area contributed by atoms with Crippen molar-refractivity contribution in [3.8, 4) is 0 Å². The number of nitrogens with one attached hydrogen (secondary N) is 3. The molecule has 116 valence electrons. The summed E-state index contributed by atoms with van der Waals surface area (Å²) < 4.78 is 26.6. The minimum Gasteiger partial charge on any atom is -0.315 e. The zero-order chi connectivity index (χ0) is 15.0. The Hall–Kier alpha value is -0.920. The van der Waals surface area contributed by atoms with Crippen LogP contribution in [0.4, 0.5) is 0 Å². The van der Waals surface area contributed by atoms with Gasteiger partial charge in [0.05, 0.1) is 11.4 Å². The van der Waals surface area contributed by atoms with E-state index in [0.717, 1.165) is 37.1 Å². The molecule has 0 aliphatic carbocycles. The monoisotopic (exact) mass is 302 g/mol. The van der Waals surface area contributed by atoms with Crippen LogP contribution in [0.5, 0.6) is 0 Å². The van der Waals surface area contributed by atoms with Crippen LogP contribution in [0.2, 0.25) is 0 Å². The first kappa shape index (κ1) is 17.1. The summed E-state index contributed by atoms with van der Waals surface area (Å²) in [6, 6.07) is 0. The average molecular weight is 302 g/mol. The van der Waals surface area contributed by atoms with E-state index in [4.69, 9.17) is 0 Å². The van der Waals surface area contributed by atoms with E-state index in [2.05, 4.69) is 27.2 Å². The maximum absolute atomic E-state index is 12.0. The quantitative estimate of drug-likeness (QED) is 0.562. The normalized spacial score (nSPS) is 13.6. The van der Waals surface area contributed by atoms with E-state index in [9.17, 15) is 8.42 Å². The van der Waals surface area contributed by atoms with Crippen LogP contribution in [0.3, 0.4) is 0 Å². The summed E-state index contributed by atoms with van der Waals surface area (Å²) in [5.74, 6) is 0. The lowest BCUT2D eigenvalue weighted by Gasteiger charge is -2.14. The second kappa shape index (κ2) is 8.39. The highest BCUT2D eigenvalue weighted by Gasteiger charge is 2.19. The van der Waals surface area contributed by atoms with E-state index in [1.807, 2.05) is 6.92 Å². The molecule has 0 aromatic carbocycles. The Bertz CT molecular complexity index is 484. The molecule has 1 aromatic rings. The minimum absolute atomic E-state index is 0.412. The fourth-order valence-electron chi connectivity index (χ4n) is 1.86. The van der Waals surface area contributed by atoms with Gasteiger partial charge < -0.3 is 5.32 Å². The van der Waals surface area contributed by atoms with Gasteiger partial charge in [0.1, 0.15) is 0 Å². The molecule has 1 atom stereocenters. The van der Waals surface area contributed by atoms with Crippen molar-refractivity contribution in [1.82, 2.24) is 20.2 Å². The fraction of sp³-hybridized carbons (Fsp3) is 0.769. The number of nitrogens with zero attached hydrogens (tertiary/aromatic N) is 1. The summed E-state index contributed by atoms with van der Waals surface area (Å²) in [6.45, 7) is 7.55. The molecule has 0 spiro atoms. The molecule has 0 amide bonds. The number of hydrogen-bond donors (Lipinski definition) is 3. The van der Waals surface area contributed by atoms with Gasteiger partial charge in [0.2, 0.25) is 10.0 Å². The Labute approximate surface area is 121 Å². The van der Waals surface area contributed by atoms with E-state index in [1.165, 1.54) is 0 Å². The molecule has 0 aliphatic heterocycles. The summed E-state index contributed by atoms with van der Waals surface area (Å²) in [6.07, 6.45) is 4.40. The van der Waals surface area contributed by atoms with Gasteiger partial charge in [-0.05, 0) is 45.2 Å². The fourth-order valence-corrected chi connectivity index (χ4v) is 2.91. The molecule has 3 N–H and O–H groups in total. The van der Waals surface area contributed by atoms with Crippen molar-refractivity contribution in [3.05, 3.63) is 17.5 Å². The van der Waals surface area contributed by atoms with Crippen molar-refractivity contribution in [3.63, 3.8) is 0 Å². The van der Waals surface area contributed by atoms with Crippen LogP contribution in [-0.4, -0.2) is 43.5 Å². The SMILES string of the molecule is CCCNCC(C)S(=O)(=O)NCCCc1cn[nH]c1C. The van der Waals surface area contributed by atoms with E-state index in [0.29, 0.717) is 13.1 Å². The number of aromatic amines is 1. The van der Waals surface area contributed by atoms with Crippen LogP contribution in [0.15, 0.2) is 6.20 Å². The van der Waals surface area contributed by atoms with Crippen molar-refractivity contribution in [2.45, 2.75) is 45.3 Å². The van der Waals surface area contributed by atoms with Gasteiger partial charge in [-0.3, -0.25) is 5.10 Å². The van der Waals surface area contributed by atoms with Gasteiger partial charge in [-0.15, -0.1) is 0 Å². The molecule has 0 saturated carbocycles. The Balaban J connectivity index is 2.27. The second-order valence-corrected chi connectivity index (χ2v) is 7.26. The van der Waals surface area contributed by atoms with E-state index >= 15 is 0 Å². The average Bonchev–Trinajstić information content (AvgIpc) is 2.80. The summed E-state index contributed by atoms with van der Waals surface area (Å²) >= 11 is 0. The Kier molecular flexibility index (Phi) is 7.18. The highest BCUT2D eigenvalue weighted by Crippen LogP contribution is 2.05. The number of sulfonamides is 1. The van der Waals surface area contributed by atoms with Crippen molar-refractivity contribution < 1.29 is 8.42 Å². The Morgan fingerprint density at radius 2 is 2.15 bits per heavy atom. The topological polar surface area (TPSA) is 86.9 Å². The van der Waals surface area contributed by atoms with Gasteiger partial charge in [-0.25, -0.2) is 13.1 Å². The van der Waals surface area contributed by atoms with Gasteiger partial charge >= 0.3 is 0 Å². The minimum atomic E-state index is -3.23. The molecule has 0 aliphatic rings. The molecular weight excluding hydrogens is 276 g/mol. The zero-order valence-corrected chi connectivity index (χ0v) is 13.4. The molecule has 7 heteroatoms. The van der Waals surface area contributed by atoms with Crippen LogP contribution >= 0.6 is 0 Å². The first-order chi connectivity index (χ1) is 9.47. The van der Waals surface area contributed by atoms with Crippen LogP contribution in [0, 0.1) is 6.92 Å². The van der Waals surface area contributed by atoms with Gasteiger partial charge in [-0.2, -0.15) is 5.10 Å². The van der Waals surface area contributed by atoms with Crippen molar-refractivity contribution in [2.75, 3.05) is 19.6 Å². The van der Waals surface area contributed by atoms with E-state index in [-0.39, 0.29) is 0 Å². The largest absolute Gasteiger partial charge is 0.315 e. The molecular formula is C13H26N4O2S. The number of aryl methyl sites for hydroxylation is 2.